The second-order valence-corrected chi connectivity index (χ2v) is 8.37. The third kappa shape index (κ3) is 3.01. The number of ether oxygens (including phenoxy) is 2. The second-order valence-electron chi connectivity index (χ2n) is 8.37. The van der Waals surface area contributed by atoms with Crippen LogP contribution in [0.4, 0.5) is 5.69 Å². The summed E-state index contributed by atoms with van der Waals surface area (Å²) in [6.07, 6.45) is 0.676. The monoisotopic (exact) mass is 416 g/mol. The van der Waals surface area contributed by atoms with Crippen LogP contribution < -0.4 is 5.32 Å². The van der Waals surface area contributed by atoms with E-state index in [2.05, 4.69) is 5.32 Å². The number of likely N-dealkylation sites (tertiary alicyclic amines) is 1. The topological polar surface area (TPSA) is 105 Å². The van der Waals surface area contributed by atoms with Crippen molar-refractivity contribution in [3.63, 3.8) is 0 Å². The van der Waals surface area contributed by atoms with Gasteiger partial charge in [-0.05, 0) is 50.8 Å². The number of nitrogens with zero attached hydrogens (tertiary/aromatic N) is 1. The smallest absolute Gasteiger partial charge is 0.312 e. The lowest BCUT2D eigenvalue weighted by Gasteiger charge is -2.33. The summed E-state index contributed by atoms with van der Waals surface area (Å²) in [5, 5.41) is 12.5. The van der Waals surface area contributed by atoms with Crippen LogP contribution >= 0.6 is 0 Å². The summed E-state index contributed by atoms with van der Waals surface area (Å²) in [7, 11) is 0. The van der Waals surface area contributed by atoms with Gasteiger partial charge in [0.1, 0.15) is 11.6 Å². The maximum Gasteiger partial charge on any atom is 0.312 e. The molecule has 2 amide bonds. The van der Waals surface area contributed by atoms with Gasteiger partial charge in [-0.3, -0.25) is 14.4 Å². The Morgan fingerprint density at radius 3 is 2.83 bits per heavy atom. The van der Waals surface area contributed by atoms with E-state index >= 15 is 0 Å². The molecule has 0 radical (unpaired) electrons. The van der Waals surface area contributed by atoms with Crippen LogP contribution in [0.5, 0.6) is 0 Å². The van der Waals surface area contributed by atoms with E-state index in [1.54, 1.807) is 6.92 Å². The van der Waals surface area contributed by atoms with Gasteiger partial charge in [-0.1, -0.05) is 12.1 Å². The Morgan fingerprint density at radius 1 is 1.37 bits per heavy atom. The minimum Gasteiger partial charge on any atom is -0.466 e. The third-order valence-electron chi connectivity index (χ3n) is 6.60. The number of hydrogen-bond acceptors (Lipinski definition) is 6. The minimum absolute atomic E-state index is 0.00550. The molecular weight excluding hydrogens is 388 g/mol. The SMILES string of the molecule is CCOC(=O)[C@@H]1[C@@H]2CCC3(O2)C(C(=O)Nc2cc(C)ccc2C)N(CCO)C(=O)[C@H]13. The van der Waals surface area contributed by atoms with E-state index < -0.39 is 35.6 Å². The van der Waals surface area contributed by atoms with E-state index in [1.165, 1.54) is 4.90 Å². The van der Waals surface area contributed by atoms with E-state index in [0.717, 1.165) is 11.1 Å². The summed E-state index contributed by atoms with van der Waals surface area (Å²) < 4.78 is 11.4. The first kappa shape index (κ1) is 20.8. The lowest BCUT2D eigenvalue weighted by atomic mass is 9.70. The Kier molecular flexibility index (Phi) is 5.32. The standard InChI is InChI=1S/C22H28N2O6/c1-4-29-21(28)16-15-7-8-22(30-15)17(16)20(27)24(9-10-25)18(22)19(26)23-14-11-12(2)5-6-13(14)3/h5-6,11,15-18,25H,4,7-10H2,1-3H3,(H,23,26)/t15-,16+,17-,18?,22?/m0/s1. The molecule has 5 atom stereocenters. The van der Waals surface area contributed by atoms with E-state index in [-0.39, 0.29) is 31.6 Å². The molecule has 3 heterocycles. The largest absolute Gasteiger partial charge is 0.466 e. The van der Waals surface area contributed by atoms with Gasteiger partial charge in [0.2, 0.25) is 11.8 Å². The Hall–Kier alpha value is -2.45. The van der Waals surface area contributed by atoms with Gasteiger partial charge in [-0.25, -0.2) is 0 Å². The molecule has 162 valence electrons. The summed E-state index contributed by atoms with van der Waals surface area (Å²) in [6.45, 7) is 5.49. The third-order valence-corrected chi connectivity index (χ3v) is 6.60. The molecule has 1 aromatic carbocycles. The summed E-state index contributed by atoms with van der Waals surface area (Å²) in [5.41, 5.74) is 1.51. The van der Waals surface area contributed by atoms with Gasteiger partial charge in [0.15, 0.2) is 0 Å². The van der Waals surface area contributed by atoms with Gasteiger partial charge in [0.05, 0.1) is 31.2 Å². The average Bonchev–Trinajstić information content (AvgIpc) is 3.33. The Morgan fingerprint density at radius 2 is 2.13 bits per heavy atom. The minimum atomic E-state index is -1.07. The van der Waals surface area contributed by atoms with Crippen molar-refractivity contribution in [1.82, 2.24) is 4.90 Å². The van der Waals surface area contributed by atoms with Crippen LogP contribution in [0.1, 0.15) is 30.9 Å². The quantitative estimate of drug-likeness (QED) is 0.675. The normalized spacial score (nSPS) is 31.7. The Labute approximate surface area is 175 Å². The van der Waals surface area contributed by atoms with E-state index in [4.69, 9.17) is 9.47 Å². The molecule has 1 aromatic rings. The van der Waals surface area contributed by atoms with Gasteiger partial charge in [0, 0.05) is 12.2 Å². The first-order valence-corrected chi connectivity index (χ1v) is 10.5. The molecule has 2 unspecified atom stereocenters. The van der Waals surface area contributed by atoms with Gasteiger partial charge in [-0.2, -0.15) is 0 Å². The summed E-state index contributed by atoms with van der Waals surface area (Å²) >= 11 is 0. The summed E-state index contributed by atoms with van der Waals surface area (Å²) in [4.78, 5) is 40.8. The predicted molar refractivity (Wildman–Crippen MR) is 108 cm³/mol. The fourth-order valence-electron chi connectivity index (χ4n) is 5.38. The van der Waals surface area contributed by atoms with Crippen LogP contribution in [-0.4, -0.2) is 65.3 Å². The van der Waals surface area contributed by atoms with Crippen LogP contribution in [0, 0.1) is 25.7 Å². The zero-order valence-electron chi connectivity index (χ0n) is 17.5. The number of carbonyl (C=O) groups is 3. The van der Waals surface area contributed by atoms with Crippen LogP contribution in [0.3, 0.4) is 0 Å². The Balaban J connectivity index is 1.69. The molecule has 4 rings (SSSR count). The molecule has 0 aromatic heterocycles. The number of aryl methyl sites for hydroxylation is 2. The fourth-order valence-corrected chi connectivity index (χ4v) is 5.38. The zero-order valence-corrected chi connectivity index (χ0v) is 17.5. The van der Waals surface area contributed by atoms with Gasteiger partial charge in [0.25, 0.3) is 0 Å². The number of carbonyl (C=O) groups excluding carboxylic acids is 3. The first-order chi connectivity index (χ1) is 14.3. The van der Waals surface area contributed by atoms with Crippen LogP contribution in [-0.2, 0) is 23.9 Å². The number of amides is 2. The van der Waals surface area contributed by atoms with Crippen molar-refractivity contribution in [3.8, 4) is 0 Å². The number of aliphatic hydroxyl groups excluding tert-OH is 1. The van der Waals surface area contributed by atoms with Gasteiger partial charge >= 0.3 is 5.97 Å². The van der Waals surface area contributed by atoms with Crippen molar-refractivity contribution in [3.05, 3.63) is 29.3 Å². The summed E-state index contributed by atoms with van der Waals surface area (Å²) in [5.74, 6) is -2.63. The first-order valence-electron chi connectivity index (χ1n) is 10.5. The number of rotatable bonds is 6. The second kappa shape index (κ2) is 7.67. The fraction of sp³-hybridized carbons (Fsp3) is 0.591. The van der Waals surface area contributed by atoms with E-state index in [1.807, 2.05) is 32.0 Å². The molecule has 30 heavy (non-hydrogen) atoms. The van der Waals surface area contributed by atoms with Crippen molar-refractivity contribution in [2.24, 2.45) is 11.8 Å². The lowest BCUT2D eigenvalue weighted by molar-refractivity contribution is -0.154. The van der Waals surface area contributed by atoms with Crippen molar-refractivity contribution in [1.29, 1.82) is 0 Å². The molecule has 0 aliphatic carbocycles. The van der Waals surface area contributed by atoms with Crippen LogP contribution in [0.2, 0.25) is 0 Å². The number of anilines is 1. The Bertz CT molecular complexity index is 886. The van der Waals surface area contributed by atoms with E-state index in [0.29, 0.717) is 18.5 Å². The highest BCUT2D eigenvalue weighted by atomic mass is 16.6. The maximum atomic E-state index is 13.5. The molecule has 3 saturated heterocycles. The van der Waals surface area contributed by atoms with Crippen molar-refractivity contribution in [2.75, 3.05) is 25.1 Å². The van der Waals surface area contributed by atoms with Crippen molar-refractivity contribution in [2.45, 2.75) is 51.4 Å². The lowest BCUT2D eigenvalue weighted by Crippen LogP contribution is -2.53. The van der Waals surface area contributed by atoms with E-state index in [9.17, 15) is 19.5 Å². The van der Waals surface area contributed by atoms with Crippen LogP contribution in [0.15, 0.2) is 18.2 Å². The molecule has 3 aliphatic rings. The van der Waals surface area contributed by atoms with Crippen LogP contribution in [0.25, 0.3) is 0 Å². The molecule has 0 saturated carbocycles. The molecule has 3 fully saturated rings. The highest BCUT2D eigenvalue weighted by Crippen LogP contribution is 2.58. The number of benzene rings is 1. The molecule has 2 N–H and O–H groups in total. The number of aliphatic hydroxyl groups is 1. The number of hydrogen-bond donors (Lipinski definition) is 2. The zero-order chi connectivity index (χ0) is 21.6. The van der Waals surface area contributed by atoms with Crippen molar-refractivity contribution >= 4 is 23.5 Å². The number of esters is 1. The molecule has 1 spiro atoms. The molecule has 3 aliphatic heterocycles. The summed E-state index contributed by atoms with van der Waals surface area (Å²) in [6, 6.07) is 4.85. The number of fused-ring (bicyclic) bond motifs is 1. The highest BCUT2D eigenvalue weighted by molar-refractivity contribution is 6.03. The molecular formula is C22H28N2O6. The molecule has 8 heteroatoms. The van der Waals surface area contributed by atoms with Gasteiger partial charge < -0.3 is 24.8 Å². The number of nitrogens with one attached hydrogen (secondary N) is 1. The molecule has 8 nitrogen and oxygen atoms in total. The van der Waals surface area contributed by atoms with Crippen molar-refractivity contribution < 1.29 is 29.0 Å². The average molecular weight is 416 g/mol. The van der Waals surface area contributed by atoms with Gasteiger partial charge in [-0.15, -0.1) is 0 Å². The predicted octanol–water partition coefficient (Wildman–Crippen LogP) is 1.17. The molecule has 2 bridgehead atoms. The highest BCUT2D eigenvalue weighted by Gasteiger charge is 2.74. The maximum absolute atomic E-state index is 13.5. The number of β-amino-alcohol motifs (C(OH)–C–C–N with tert-alkyl or cyclic N) is 1.